The molecule has 1 unspecified atom stereocenters. The van der Waals surface area contributed by atoms with Crippen molar-refractivity contribution in [2.24, 2.45) is 5.92 Å². The molecule has 0 saturated carbocycles. The summed E-state index contributed by atoms with van der Waals surface area (Å²) in [5, 5.41) is 8.20. The van der Waals surface area contributed by atoms with E-state index in [2.05, 4.69) is 16.0 Å². The highest BCUT2D eigenvalue weighted by Crippen LogP contribution is 2.08. The van der Waals surface area contributed by atoms with Crippen molar-refractivity contribution in [3.05, 3.63) is 30.3 Å². The minimum Gasteiger partial charge on any atom is -0.350 e. The van der Waals surface area contributed by atoms with Gasteiger partial charge >= 0.3 is 6.03 Å². The lowest BCUT2D eigenvalue weighted by Gasteiger charge is -2.28. The Morgan fingerprint density at radius 3 is 2.15 bits per heavy atom. The summed E-state index contributed by atoms with van der Waals surface area (Å²) in [7, 11) is 1.55. The Bertz CT molecular complexity index is 623. The lowest BCUT2D eigenvalue weighted by atomic mass is 10.0. The van der Waals surface area contributed by atoms with Crippen molar-refractivity contribution in [2.75, 3.05) is 18.9 Å². The molecule has 0 aliphatic heterocycles. The zero-order chi connectivity index (χ0) is 19.9. The van der Waals surface area contributed by atoms with Crippen molar-refractivity contribution in [3.8, 4) is 0 Å². The number of para-hydroxylation sites is 1. The Morgan fingerprint density at radius 1 is 1.08 bits per heavy atom. The smallest absolute Gasteiger partial charge is 0.319 e. The minimum atomic E-state index is -0.730. The van der Waals surface area contributed by atoms with Crippen molar-refractivity contribution < 1.29 is 14.4 Å². The molecule has 0 aromatic heterocycles. The number of rotatable bonds is 6. The molecule has 1 atom stereocenters. The van der Waals surface area contributed by atoms with Crippen molar-refractivity contribution in [3.63, 3.8) is 0 Å². The Morgan fingerprint density at radius 2 is 1.65 bits per heavy atom. The summed E-state index contributed by atoms with van der Waals surface area (Å²) < 4.78 is 0. The van der Waals surface area contributed by atoms with E-state index in [0.717, 1.165) is 0 Å². The van der Waals surface area contributed by atoms with Gasteiger partial charge in [0.05, 0.1) is 6.54 Å². The zero-order valence-corrected chi connectivity index (χ0v) is 16.4. The first-order valence-electron chi connectivity index (χ1n) is 8.68. The largest absolute Gasteiger partial charge is 0.350 e. The first-order valence-corrected chi connectivity index (χ1v) is 8.68. The van der Waals surface area contributed by atoms with E-state index in [1.54, 1.807) is 19.2 Å². The molecule has 3 N–H and O–H groups in total. The van der Waals surface area contributed by atoms with Crippen molar-refractivity contribution in [2.45, 2.75) is 46.2 Å². The molecule has 0 radical (unpaired) electrons. The maximum Gasteiger partial charge on any atom is 0.319 e. The molecular formula is C19H30N4O3. The van der Waals surface area contributed by atoms with Crippen LogP contribution in [0.1, 0.15) is 34.6 Å². The summed E-state index contributed by atoms with van der Waals surface area (Å²) in [6.45, 7) is 9.24. The highest BCUT2D eigenvalue weighted by Gasteiger charge is 2.28. The predicted octanol–water partition coefficient (Wildman–Crippen LogP) is 2.21. The van der Waals surface area contributed by atoms with Gasteiger partial charge in [0, 0.05) is 18.3 Å². The van der Waals surface area contributed by atoms with Gasteiger partial charge in [-0.25, -0.2) is 4.79 Å². The first-order chi connectivity index (χ1) is 12.0. The average Bonchev–Trinajstić information content (AvgIpc) is 2.50. The van der Waals surface area contributed by atoms with Gasteiger partial charge in [-0.15, -0.1) is 0 Å². The molecule has 1 aromatic rings. The Balaban J connectivity index is 2.68. The van der Waals surface area contributed by atoms with Crippen LogP contribution in [0.2, 0.25) is 0 Å². The molecule has 7 heteroatoms. The van der Waals surface area contributed by atoms with E-state index in [-0.39, 0.29) is 29.8 Å². The van der Waals surface area contributed by atoms with E-state index in [1.165, 1.54) is 4.90 Å². The highest BCUT2D eigenvalue weighted by molar-refractivity contribution is 5.94. The molecule has 0 spiro atoms. The summed E-state index contributed by atoms with van der Waals surface area (Å²) in [5.74, 6) is -0.686. The second kappa shape index (κ2) is 9.22. The quantitative estimate of drug-likeness (QED) is 0.725. The van der Waals surface area contributed by atoms with E-state index >= 15 is 0 Å². The van der Waals surface area contributed by atoms with Gasteiger partial charge in [0.25, 0.3) is 0 Å². The molecule has 1 rings (SSSR count). The van der Waals surface area contributed by atoms with Crippen LogP contribution in [0.15, 0.2) is 30.3 Å². The Hall–Kier alpha value is -2.57. The number of hydrogen-bond donors (Lipinski definition) is 3. The van der Waals surface area contributed by atoms with Gasteiger partial charge in [0.15, 0.2) is 0 Å². The third-order valence-electron chi connectivity index (χ3n) is 3.52. The number of carbonyl (C=O) groups is 3. The second-order valence-corrected chi connectivity index (χ2v) is 7.68. The number of likely N-dealkylation sites (N-methyl/N-ethyl adjacent to an activating group) is 1. The molecule has 0 aliphatic carbocycles. The number of hydrogen-bond acceptors (Lipinski definition) is 3. The fraction of sp³-hybridized carbons (Fsp3) is 0.526. The molecular weight excluding hydrogens is 332 g/mol. The molecule has 0 aliphatic rings. The molecule has 0 saturated heterocycles. The SMILES string of the molecule is CC(C)C(NC(=O)Nc1ccccc1)C(=O)N(C)CC(=O)NC(C)(C)C. The summed E-state index contributed by atoms with van der Waals surface area (Å²) in [4.78, 5) is 38.2. The monoisotopic (exact) mass is 362 g/mol. The maximum atomic E-state index is 12.7. The first kappa shape index (κ1) is 21.5. The molecule has 144 valence electrons. The summed E-state index contributed by atoms with van der Waals surface area (Å²) >= 11 is 0. The van der Waals surface area contributed by atoms with Crippen molar-refractivity contribution in [1.82, 2.24) is 15.5 Å². The summed E-state index contributed by atoms with van der Waals surface area (Å²) in [6.07, 6.45) is 0. The van der Waals surface area contributed by atoms with Crippen LogP contribution in [0.4, 0.5) is 10.5 Å². The fourth-order valence-electron chi connectivity index (χ4n) is 2.33. The summed E-state index contributed by atoms with van der Waals surface area (Å²) in [6, 6.07) is 7.79. The van der Waals surface area contributed by atoms with E-state index in [1.807, 2.05) is 52.8 Å². The van der Waals surface area contributed by atoms with E-state index in [9.17, 15) is 14.4 Å². The number of urea groups is 1. The number of benzene rings is 1. The molecule has 0 fully saturated rings. The van der Waals surface area contributed by atoms with E-state index < -0.39 is 12.1 Å². The molecule has 0 bridgehead atoms. The van der Waals surface area contributed by atoms with Gasteiger partial charge < -0.3 is 20.9 Å². The molecule has 7 nitrogen and oxygen atoms in total. The van der Waals surface area contributed by atoms with Crippen LogP contribution in [0.5, 0.6) is 0 Å². The lowest BCUT2D eigenvalue weighted by Crippen LogP contribution is -2.54. The third-order valence-corrected chi connectivity index (χ3v) is 3.52. The van der Waals surface area contributed by atoms with Gasteiger partial charge in [-0.1, -0.05) is 32.0 Å². The third kappa shape index (κ3) is 7.55. The standard InChI is InChI=1S/C19H30N4O3/c1-13(2)16(21-18(26)20-14-10-8-7-9-11-14)17(25)23(6)12-15(24)22-19(3,4)5/h7-11,13,16H,12H2,1-6H3,(H,22,24)(H2,20,21,26). The second-order valence-electron chi connectivity index (χ2n) is 7.68. The number of amides is 4. The fourth-order valence-corrected chi connectivity index (χ4v) is 2.33. The highest BCUT2D eigenvalue weighted by atomic mass is 16.2. The number of carbonyl (C=O) groups excluding carboxylic acids is 3. The average molecular weight is 362 g/mol. The van der Waals surface area contributed by atoms with Crippen LogP contribution < -0.4 is 16.0 Å². The van der Waals surface area contributed by atoms with Gasteiger partial charge in [-0.2, -0.15) is 0 Å². The van der Waals surface area contributed by atoms with Crippen LogP contribution in [0.3, 0.4) is 0 Å². The minimum absolute atomic E-state index is 0.0681. The summed E-state index contributed by atoms with van der Waals surface area (Å²) in [5.41, 5.74) is 0.268. The normalized spacial score (nSPS) is 12.3. The van der Waals surface area contributed by atoms with Gasteiger partial charge in [0.2, 0.25) is 11.8 Å². The van der Waals surface area contributed by atoms with Gasteiger partial charge in [-0.3, -0.25) is 9.59 Å². The van der Waals surface area contributed by atoms with E-state index in [4.69, 9.17) is 0 Å². The molecule has 4 amide bonds. The molecule has 0 heterocycles. The van der Waals surface area contributed by atoms with Crippen LogP contribution in [0.25, 0.3) is 0 Å². The topological polar surface area (TPSA) is 90.5 Å². The van der Waals surface area contributed by atoms with Crippen molar-refractivity contribution >= 4 is 23.5 Å². The van der Waals surface area contributed by atoms with Crippen LogP contribution in [-0.4, -0.2) is 47.9 Å². The van der Waals surface area contributed by atoms with Gasteiger partial charge in [0.1, 0.15) is 6.04 Å². The number of nitrogens with one attached hydrogen (secondary N) is 3. The molecule has 26 heavy (non-hydrogen) atoms. The lowest BCUT2D eigenvalue weighted by molar-refractivity contribution is -0.137. The number of anilines is 1. The van der Waals surface area contributed by atoms with E-state index in [0.29, 0.717) is 5.69 Å². The maximum absolute atomic E-state index is 12.7. The Kier molecular flexibility index (Phi) is 7.61. The molecule has 1 aromatic carbocycles. The Labute approximate surface area is 155 Å². The number of nitrogens with zero attached hydrogens (tertiary/aromatic N) is 1. The van der Waals surface area contributed by atoms with Gasteiger partial charge in [-0.05, 0) is 38.8 Å². The van der Waals surface area contributed by atoms with Crippen LogP contribution in [0, 0.1) is 5.92 Å². The zero-order valence-electron chi connectivity index (χ0n) is 16.4. The predicted molar refractivity (Wildman–Crippen MR) is 103 cm³/mol. The van der Waals surface area contributed by atoms with Crippen LogP contribution in [-0.2, 0) is 9.59 Å². The van der Waals surface area contributed by atoms with Crippen LogP contribution >= 0.6 is 0 Å². The van der Waals surface area contributed by atoms with Crippen molar-refractivity contribution in [1.29, 1.82) is 0 Å².